The predicted octanol–water partition coefficient (Wildman–Crippen LogP) is 1.58. The van der Waals surface area contributed by atoms with E-state index < -0.39 is 6.04 Å². The zero-order valence-electron chi connectivity index (χ0n) is 10.7. The molecule has 0 aliphatic carbocycles. The van der Waals surface area contributed by atoms with Gasteiger partial charge >= 0.3 is 5.97 Å². The van der Waals surface area contributed by atoms with Gasteiger partial charge in [0.05, 0.1) is 0 Å². The molecule has 0 fully saturated rings. The van der Waals surface area contributed by atoms with E-state index in [2.05, 4.69) is 0 Å². The number of benzene rings is 1. The summed E-state index contributed by atoms with van der Waals surface area (Å²) in [6, 6.07) is 9.06. The van der Waals surface area contributed by atoms with Crippen molar-refractivity contribution in [2.24, 2.45) is 11.5 Å². The lowest BCUT2D eigenvalue weighted by Crippen LogP contribution is -2.32. The molecule has 4 heteroatoms. The van der Waals surface area contributed by atoms with E-state index in [0.29, 0.717) is 13.0 Å². The zero-order chi connectivity index (χ0) is 13.2. The molecule has 0 aromatic heterocycles. The molecule has 4 N–H and O–H groups in total. The molecular weight excluding hydrogens is 228 g/mol. The number of esters is 1. The molecule has 0 bridgehead atoms. The fourth-order valence-corrected chi connectivity index (χ4v) is 1.64. The summed E-state index contributed by atoms with van der Waals surface area (Å²) in [5.74, 6) is -0.327. The van der Waals surface area contributed by atoms with Crippen LogP contribution >= 0.6 is 0 Å². The maximum Gasteiger partial charge on any atom is 0.323 e. The van der Waals surface area contributed by atoms with Crippen LogP contribution in [0.5, 0.6) is 0 Å². The van der Waals surface area contributed by atoms with Crippen molar-refractivity contribution in [3.63, 3.8) is 0 Å². The van der Waals surface area contributed by atoms with Gasteiger partial charge in [0.2, 0.25) is 0 Å². The standard InChI is InChI=1S/C14H22N2O2/c15-10-6-2-5-9-13(16)14(17)18-11-12-7-3-1-4-8-12/h1,3-4,7-8,13H,2,5-6,9-11,15-16H2. The van der Waals surface area contributed by atoms with E-state index >= 15 is 0 Å². The third-order valence-electron chi connectivity index (χ3n) is 2.75. The van der Waals surface area contributed by atoms with E-state index in [0.717, 1.165) is 24.8 Å². The molecule has 1 atom stereocenters. The summed E-state index contributed by atoms with van der Waals surface area (Å²) in [5.41, 5.74) is 12.1. The summed E-state index contributed by atoms with van der Waals surface area (Å²) < 4.78 is 5.16. The Labute approximate surface area is 108 Å². The Morgan fingerprint density at radius 2 is 1.89 bits per heavy atom. The predicted molar refractivity (Wildman–Crippen MR) is 71.7 cm³/mol. The lowest BCUT2D eigenvalue weighted by molar-refractivity contribution is -0.146. The first-order valence-corrected chi connectivity index (χ1v) is 6.40. The Hall–Kier alpha value is -1.39. The van der Waals surface area contributed by atoms with Crippen LogP contribution in [0, 0.1) is 0 Å². The van der Waals surface area contributed by atoms with Gasteiger partial charge in [-0.1, -0.05) is 43.2 Å². The number of rotatable bonds is 8. The Morgan fingerprint density at radius 1 is 1.17 bits per heavy atom. The Balaban J connectivity index is 2.19. The number of carbonyl (C=O) groups is 1. The highest BCUT2D eigenvalue weighted by atomic mass is 16.5. The summed E-state index contributed by atoms with van der Waals surface area (Å²) in [6.07, 6.45) is 3.56. The molecule has 1 aromatic carbocycles. The molecule has 1 rings (SSSR count). The topological polar surface area (TPSA) is 78.3 Å². The van der Waals surface area contributed by atoms with Gasteiger partial charge in [0.1, 0.15) is 12.6 Å². The maximum absolute atomic E-state index is 11.6. The van der Waals surface area contributed by atoms with Gasteiger partial charge in [-0.3, -0.25) is 4.79 Å². The minimum atomic E-state index is -0.522. The van der Waals surface area contributed by atoms with E-state index in [1.54, 1.807) is 0 Å². The number of unbranched alkanes of at least 4 members (excludes halogenated alkanes) is 2. The monoisotopic (exact) mass is 250 g/mol. The van der Waals surface area contributed by atoms with Gasteiger partial charge in [-0.25, -0.2) is 0 Å². The van der Waals surface area contributed by atoms with Crippen LogP contribution in [-0.4, -0.2) is 18.6 Å². The van der Waals surface area contributed by atoms with Crippen LogP contribution in [0.1, 0.15) is 31.2 Å². The number of nitrogens with two attached hydrogens (primary N) is 2. The quantitative estimate of drug-likeness (QED) is 0.542. The van der Waals surface area contributed by atoms with Gasteiger partial charge < -0.3 is 16.2 Å². The maximum atomic E-state index is 11.6. The lowest BCUT2D eigenvalue weighted by atomic mass is 10.1. The molecule has 0 heterocycles. The third kappa shape index (κ3) is 5.80. The minimum Gasteiger partial charge on any atom is -0.460 e. The molecule has 4 nitrogen and oxygen atoms in total. The minimum absolute atomic E-state index is 0.288. The Kier molecular flexibility index (Phi) is 7.06. The van der Waals surface area contributed by atoms with Crippen molar-refractivity contribution >= 4 is 5.97 Å². The molecule has 1 aromatic rings. The van der Waals surface area contributed by atoms with Gasteiger partial charge in [0.25, 0.3) is 0 Å². The van der Waals surface area contributed by atoms with Crippen molar-refractivity contribution < 1.29 is 9.53 Å². The highest BCUT2D eigenvalue weighted by Gasteiger charge is 2.14. The fraction of sp³-hybridized carbons (Fsp3) is 0.500. The smallest absolute Gasteiger partial charge is 0.323 e. The second kappa shape index (κ2) is 8.66. The number of hydrogen-bond acceptors (Lipinski definition) is 4. The van der Waals surface area contributed by atoms with Crippen LogP contribution in [0.3, 0.4) is 0 Å². The number of carbonyl (C=O) groups excluding carboxylic acids is 1. The van der Waals surface area contributed by atoms with Gasteiger partial charge in [0, 0.05) is 0 Å². The first kappa shape index (κ1) is 14.7. The van der Waals surface area contributed by atoms with Crippen LogP contribution in [-0.2, 0) is 16.1 Å². The molecule has 0 amide bonds. The van der Waals surface area contributed by atoms with Crippen molar-refractivity contribution in [3.8, 4) is 0 Å². The SMILES string of the molecule is NCCCCCC(N)C(=O)OCc1ccccc1. The van der Waals surface area contributed by atoms with Gasteiger partial charge in [-0.15, -0.1) is 0 Å². The molecule has 1 unspecified atom stereocenters. The van der Waals surface area contributed by atoms with Crippen molar-refractivity contribution in [1.82, 2.24) is 0 Å². The molecule has 0 radical (unpaired) electrons. The Morgan fingerprint density at radius 3 is 2.56 bits per heavy atom. The summed E-state index contributed by atoms with van der Waals surface area (Å²) in [6.45, 7) is 0.976. The van der Waals surface area contributed by atoms with E-state index in [1.165, 1.54) is 0 Å². The van der Waals surface area contributed by atoms with Gasteiger partial charge in [-0.05, 0) is 24.9 Å². The molecule has 0 saturated carbocycles. The summed E-state index contributed by atoms with van der Waals surface area (Å²) in [7, 11) is 0. The third-order valence-corrected chi connectivity index (χ3v) is 2.75. The van der Waals surface area contributed by atoms with E-state index in [9.17, 15) is 4.79 Å². The number of hydrogen-bond donors (Lipinski definition) is 2. The van der Waals surface area contributed by atoms with E-state index in [1.807, 2.05) is 30.3 Å². The van der Waals surface area contributed by atoms with Gasteiger partial charge in [0.15, 0.2) is 0 Å². The molecule has 100 valence electrons. The van der Waals surface area contributed by atoms with Crippen molar-refractivity contribution in [3.05, 3.63) is 35.9 Å². The van der Waals surface area contributed by atoms with Crippen LogP contribution in [0.4, 0.5) is 0 Å². The van der Waals surface area contributed by atoms with Crippen molar-refractivity contribution in [1.29, 1.82) is 0 Å². The van der Waals surface area contributed by atoms with E-state index in [4.69, 9.17) is 16.2 Å². The first-order chi connectivity index (χ1) is 8.74. The summed E-state index contributed by atoms with van der Waals surface area (Å²) >= 11 is 0. The molecule has 18 heavy (non-hydrogen) atoms. The molecule has 0 saturated heterocycles. The lowest BCUT2D eigenvalue weighted by Gasteiger charge is -2.11. The molecule has 0 spiro atoms. The zero-order valence-corrected chi connectivity index (χ0v) is 10.7. The molecule has 0 aliphatic heterocycles. The van der Waals surface area contributed by atoms with Crippen LogP contribution in [0.2, 0.25) is 0 Å². The largest absolute Gasteiger partial charge is 0.460 e. The van der Waals surface area contributed by atoms with Crippen LogP contribution in [0.15, 0.2) is 30.3 Å². The summed E-state index contributed by atoms with van der Waals surface area (Å²) in [5, 5.41) is 0. The first-order valence-electron chi connectivity index (χ1n) is 6.40. The van der Waals surface area contributed by atoms with E-state index in [-0.39, 0.29) is 12.6 Å². The normalized spacial score (nSPS) is 12.1. The van der Waals surface area contributed by atoms with Crippen molar-refractivity contribution in [2.45, 2.75) is 38.3 Å². The Bertz CT molecular complexity index is 341. The van der Waals surface area contributed by atoms with Crippen molar-refractivity contribution in [2.75, 3.05) is 6.54 Å². The highest BCUT2D eigenvalue weighted by Crippen LogP contribution is 2.05. The highest BCUT2D eigenvalue weighted by molar-refractivity contribution is 5.75. The second-order valence-corrected chi connectivity index (χ2v) is 4.34. The molecule has 0 aliphatic rings. The van der Waals surface area contributed by atoms with Crippen LogP contribution < -0.4 is 11.5 Å². The van der Waals surface area contributed by atoms with Gasteiger partial charge in [-0.2, -0.15) is 0 Å². The summed E-state index contributed by atoms with van der Waals surface area (Å²) in [4.78, 5) is 11.6. The average Bonchev–Trinajstić information content (AvgIpc) is 2.42. The second-order valence-electron chi connectivity index (χ2n) is 4.34. The fourth-order valence-electron chi connectivity index (χ4n) is 1.64. The van der Waals surface area contributed by atoms with Crippen LogP contribution in [0.25, 0.3) is 0 Å². The number of ether oxygens (including phenoxy) is 1. The average molecular weight is 250 g/mol. The molecular formula is C14H22N2O2.